The fourth-order valence-electron chi connectivity index (χ4n) is 2.38. The SMILES string of the molecule is Cc1ccccc1Oc1ccnc(CNC(=O)c2cc[nH]c2C)c1. The highest BCUT2D eigenvalue weighted by molar-refractivity contribution is 5.95. The lowest BCUT2D eigenvalue weighted by molar-refractivity contribution is 0.0950. The van der Waals surface area contributed by atoms with E-state index in [0.29, 0.717) is 17.9 Å². The molecule has 2 heterocycles. The summed E-state index contributed by atoms with van der Waals surface area (Å²) in [7, 11) is 0. The topological polar surface area (TPSA) is 67.0 Å². The van der Waals surface area contributed by atoms with Crippen LogP contribution in [0.4, 0.5) is 0 Å². The van der Waals surface area contributed by atoms with Crippen LogP contribution >= 0.6 is 0 Å². The number of aromatic nitrogens is 2. The van der Waals surface area contributed by atoms with Gasteiger partial charge in [-0.3, -0.25) is 9.78 Å². The van der Waals surface area contributed by atoms with Crippen LogP contribution < -0.4 is 10.1 Å². The number of carbonyl (C=O) groups excluding carboxylic acids is 1. The fourth-order valence-corrected chi connectivity index (χ4v) is 2.38. The van der Waals surface area contributed by atoms with Crippen LogP contribution in [-0.2, 0) is 6.54 Å². The van der Waals surface area contributed by atoms with Gasteiger partial charge in [0.05, 0.1) is 17.8 Å². The molecule has 0 radical (unpaired) electrons. The molecule has 0 saturated heterocycles. The van der Waals surface area contributed by atoms with Gasteiger partial charge in [-0.25, -0.2) is 0 Å². The number of nitrogens with zero attached hydrogens (tertiary/aromatic N) is 1. The van der Waals surface area contributed by atoms with Gasteiger partial charge in [0.2, 0.25) is 0 Å². The van der Waals surface area contributed by atoms with Gasteiger partial charge in [0, 0.05) is 24.2 Å². The van der Waals surface area contributed by atoms with Gasteiger partial charge in [-0.05, 0) is 37.6 Å². The molecule has 0 fully saturated rings. The molecule has 0 saturated carbocycles. The van der Waals surface area contributed by atoms with Crippen molar-refractivity contribution in [3.05, 3.63) is 77.4 Å². The molecule has 0 aliphatic heterocycles. The molecule has 0 aliphatic rings. The van der Waals surface area contributed by atoms with E-state index in [4.69, 9.17) is 4.74 Å². The smallest absolute Gasteiger partial charge is 0.253 e. The first kappa shape index (κ1) is 15.8. The summed E-state index contributed by atoms with van der Waals surface area (Å²) in [5.74, 6) is 1.38. The molecule has 3 aromatic rings. The Labute approximate surface area is 140 Å². The molecule has 1 amide bonds. The molecule has 122 valence electrons. The third-order valence-electron chi connectivity index (χ3n) is 3.74. The number of aromatic amines is 1. The van der Waals surface area contributed by atoms with Gasteiger partial charge < -0.3 is 15.0 Å². The van der Waals surface area contributed by atoms with E-state index in [1.54, 1.807) is 24.5 Å². The highest BCUT2D eigenvalue weighted by Gasteiger charge is 2.10. The number of benzene rings is 1. The van der Waals surface area contributed by atoms with Crippen molar-refractivity contribution in [2.24, 2.45) is 0 Å². The van der Waals surface area contributed by atoms with Crippen LogP contribution in [0.5, 0.6) is 11.5 Å². The average molecular weight is 321 g/mol. The highest BCUT2D eigenvalue weighted by atomic mass is 16.5. The Hall–Kier alpha value is -3.08. The number of para-hydroxylation sites is 1. The molecule has 5 nitrogen and oxygen atoms in total. The van der Waals surface area contributed by atoms with Crippen molar-refractivity contribution < 1.29 is 9.53 Å². The molecule has 0 atom stereocenters. The summed E-state index contributed by atoms with van der Waals surface area (Å²) in [4.78, 5) is 19.4. The second kappa shape index (κ2) is 7.00. The van der Waals surface area contributed by atoms with E-state index in [9.17, 15) is 4.79 Å². The first-order valence-corrected chi connectivity index (χ1v) is 7.74. The number of amides is 1. The van der Waals surface area contributed by atoms with E-state index in [1.165, 1.54) is 0 Å². The molecule has 3 rings (SSSR count). The number of rotatable bonds is 5. The lowest BCUT2D eigenvalue weighted by Gasteiger charge is -2.10. The number of hydrogen-bond acceptors (Lipinski definition) is 3. The van der Waals surface area contributed by atoms with Crippen molar-refractivity contribution in [1.29, 1.82) is 0 Å². The molecule has 24 heavy (non-hydrogen) atoms. The fraction of sp³-hybridized carbons (Fsp3) is 0.158. The van der Waals surface area contributed by atoms with Crippen molar-refractivity contribution in [2.45, 2.75) is 20.4 Å². The van der Waals surface area contributed by atoms with Crippen LogP contribution in [0.1, 0.15) is 27.3 Å². The Bertz CT molecular complexity index is 855. The van der Waals surface area contributed by atoms with Crippen LogP contribution in [0.15, 0.2) is 54.9 Å². The van der Waals surface area contributed by atoms with Gasteiger partial charge >= 0.3 is 0 Å². The van der Waals surface area contributed by atoms with Crippen LogP contribution in [0.25, 0.3) is 0 Å². The molecule has 2 aromatic heterocycles. The zero-order valence-corrected chi connectivity index (χ0v) is 13.7. The standard InChI is InChI=1S/C19H19N3O2/c1-13-5-3-4-6-18(13)24-16-7-9-21-15(11-16)12-22-19(23)17-8-10-20-14(17)2/h3-11,20H,12H2,1-2H3,(H,22,23). The maximum atomic E-state index is 12.1. The minimum Gasteiger partial charge on any atom is -0.457 e. The number of nitrogens with one attached hydrogen (secondary N) is 2. The molecule has 5 heteroatoms. The third-order valence-corrected chi connectivity index (χ3v) is 3.74. The lowest BCUT2D eigenvalue weighted by Crippen LogP contribution is -2.23. The predicted molar refractivity (Wildman–Crippen MR) is 92.2 cm³/mol. The van der Waals surface area contributed by atoms with E-state index in [2.05, 4.69) is 15.3 Å². The molecule has 0 unspecified atom stereocenters. The number of aryl methyl sites for hydroxylation is 2. The van der Waals surface area contributed by atoms with Gasteiger partial charge in [-0.1, -0.05) is 18.2 Å². The minimum absolute atomic E-state index is 0.124. The Balaban J connectivity index is 1.66. The minimum atomic E-state index is -0.124. The first-order valence-electron chi connectivity index (χ1n) is 7.74. The largest absolute Gasteiger partial charge is 0.457 e. The summed E-state index contributed by atoms with van der Waals surface area (Å²) in [6.07, 6.45) is 3.43. The average Bonchev–Trinajstić information content (AvgIpc) is 3.01. The van der Waals surface area contributed by atoms with Gasteiger partial charge in [-0.2, -0.15) is 0 Å². The summed E-state index contributed by atoms with van der Waals surface area (Å²) >= 11 is 0. The molecule has 0 aliphatic carbocycles. The van der Waals surface area contributed by atoms with E-state index in [0.717, 1.165) is 22.7 Å². The quantitative estimate of drug-likeness (QED) is 0.752. The number of ether oxygens (including phenoxy) is 1. The number of hydrogen-bond donors (Lipinski definition) is 2. The number of H-pyrrole nitrogens is 1. The van der Waals surface area contributed by atoms with E-state index < -0.39 is 0 Å². The second-order valence-electron chi connectivity index (χ2n) is 5.55. The Morgan fingerprint density at radius 3 is 2.79 bits per heavy atom. The highest BCUT2D eigenvalue weighted by Crippen LogP contribution is 2.24. The Morgan fingerprint density at radius 2 is 2.04 bits per heavy atom. The summed E-state index contributed by atoms with van der Waals surface area (Å²) < 4.78 is 5.89. The van der Waals surface area contributed by atoms with Gasteiger partial charge in [0.15, 0.2) is 0 Å². The zero-order valence-electron chi connectivity index (χ0n) is 13.7. The van der Waals surface area contributed by atoms with E-state index in [-0.39, 0.29) is 5.91 Å². The summed E-state index contributed by atoms with van der Waals surface area (Å²) in [6.45, 7) is 4.20. The number of carbonyl (C=O) groups is 1. The zero-order chi connectivity index (χ0) is 16.9. The summed E-state index contributed by atoms with van der Waals surface area (Å²) in [5, 5.41) is 2.87. The van der Waals surface area contributed by atoms with Crippen molar-refractivity contribution >= 4 is 5.91 Å². The summed E-state index contributed by atoms with van der Waals surface area (Å²) in [5.41, 5.74) is 3.29. The first-order chi connectivity index (χ1) is 11.6. The monoisotopic (exact) mass is 321 g/mol. The molecule has 2 N–H and O–H groups in total. The normalized spacial score (nSPS) is 10.4. The third kappa shape index (κ3) is 3.63. The van der Waals surface area contributed by atoms with E-state index in [1.807, 2.05) is 44.2 Å². The molecular formula is C19H19N3O2. The van der Waals surface area contributed by atoms with Crippen molar-refractivity contribution in [3.63, 3.8) is 0 Å². The van der Waals surface area contributed by atoms with Crippen LogP contribution in [0.2, 0.25) is 0 Å². The van der Waals surface area contributed by atoms with Crippen molar-refractivity contribution in [1.82, 2.24) is 15.3 Å². The molecule has 0 bridgehead atoms. The van der Waals surface area contributed by atoms with Gasteiger partial charge in [0.25, 0.3) is 5.91 Å². The van der Waals surface area contributed by atoms with Crippen molar-refractivity contribution in [2.75, 3.05) is 0 Å². The number of pyridine rings is 1. The Morgan fingerprint density at radius 1 is 1.21 bits per heavy atom. The second-order valence-corrected chi connectivity index (χ2v) is 5.55. The van der Waals surface area contributed by atoms with Gasteiger partial charge in [-0.15, -0.1) is 0 Å². The maximum Gasteiger partial charge on any atom is 0.253 e. The summed E-state index contributed by atoms with van der Waals surface area (Å²) in [6, 6.07) is 13.2. The lowest BCUT2D eigenvalue weighted by atomic mass is 10.2. The molecular weight excluding hydrogens is 302 g/mol. The van der Waals surface area contributed by atoms with Crippen LogP contribution in [-0.4, -0.2) is 15.9 Å². The van der Waals surface area contributed by atoms with E-state index >= 15 is 0 Å². The van der Waals surface area contributed by atoms with Gasteiger partial charge in [0.1, 0.15) is 11.5 Å². The van der Waals surface area contributed by atoms with Crippen LogP contribution in [0, 0.1) is 13.8 Å². The molecule has 1 aromatic carbocycles. The predicted octanol–water partition coefficient (Wildman–Crippen LogP) is 3.75. The Kier molecular flexibility index (Phi) is 4.61. The molecule has 0 spiro atoms. The van der Waals surface area contributed by atoms with Crippen molar-refractivity contribution in [3.8, 4) is 11.5 Å². The van der Waals surface area contributed by atoms with Crippen LogP contribution in [0.3, 0.4) is 0 Å². The maximum absolute atomic E-state index is 12.1.